The first kappa shape index (κ1) is 18.6. The maximum atomic E-state index is 12.9. The van der Waals surface area contributed by atoms with Crippen LogP contribution < -0.4 is 10.6 Å². The lowest BCUT2D eigenvalue weighted by molar-refractivity contribution is -0.384. The van der Waals surface area contributed by atoms with Gasteiger partial charge in [-0.25, -0.2) is 0 Å². The fraction of sp³-hybridized carbons (Fsp3) is 0.632. The third kappa shape index (κ3) is 3.67. The Hall–Kier alpha value is -2.15. The molecular weight excluding hydrogens is 332 g/mol. The van der Waals surface area contributed by atoms with E-state index in [1.807, 2.05) is 6.92 Å². The van der Waals surface area contributed by atoms with Crippen LogP contribution in [0.15, 0.2) is 18.2 Å². The quantitative estimate of drug-likeness (QED) is 0.658. The molecule has 1 aromatic rings. The van der Waals surface area contributed by atoms with Gasteiger partial charge >= 0.3 is 0 Å². The summed E-state index contributed by atoms with van der Waals surface area (Å²) in [6.07, 6.45) is 3.06. The second-order valence-corrected chi connectivity index (χ2v) is 7.80. The normalized spacial score (nSPS) is 26.2. The molecular formula is C19H28N4O3. The molecule has 3 unspecified atom stereocenters. The lowest BCUT2D eigenvalue weighted by Gasteiger charge is -2.32. The number of anilines is 1. The summed E-state index contributed by atoms with van der Waals surface area (Å²) in [5.74, 6) is 0.677. The molecule has 26 heavy (non-hydrogen) atoms. The van der Waals surface area contributed by atoms with Crippen molar-refractivity contribution in [1.29, 1.82) is 0 Å². The number of carbonyl (C=O) groups excluding carboxylic acids is 1. The van der Waals surface area contributed by atoms with E-state index in [0.29, 0.717) is 36.2 Å². The van der Waals surface area contributed by atoms with Gasteiger partial charge in [0, 0.05) is 37.3 Å². The highest BCUT2D eigenvalue weighted by Crippen LogP contribution is 2.33. The van der Waals surface area contributed by atoms with E-state index in [9.17, 15) is 14.9 Å². The summed E-state index contributed by atoms with van der Waals surface area (Å²) in [5.41, 5.74) is 6.76. The third-order valence-corrected chi connectivity index (χ3v) is 5.67. The van der Waals surface area contributed by atoms with E-state index in [0.717, 1.165) is 32.4 Å². The van der Waals surface area contributed by atoms with Gasteiger partial charge in [0.15, 0.2) is 0 Å². The van der Waals surface area contributed by atoms with E-state index in [-0.39, 0.29) is 22.6 Å². The van der Waals surface area contributed by atoms with Crippen molar-refractivity contribution in [2.24, 2.45) is 17.6 Å². The predicted octanol–water partition coefficient (Wildman–Crippen LogP) is 2.64. The lowest BCUT2D eigenvalue weighted by atomic mass is 9.99. The molecule has 2 N–H and O–H groups in total. The maximum Gasteiger partial charge on any atom is 0.293 e. The van der Waals surface area contributed by atoms with Crippen LogP contribution in [0.1, 0.15) is 43.5 Å². The van der Waals surface area contributed by atoms with Crippen LogP contribution in [-0.4, -0.2) is 48.0 Å². The van der Waals surface area contributed by atoms with Crippen molar-refractivity contribution in [1.82, 2.24) is 4.90 Å². The van der Waals surface area contributed by atoms with Crippen LogP contribution >= 0.6 is 0 Å². The van der Waals surface area contributed by atoms with Crippen molar-refractivity contribution in [2.75, 3.05) is 31.1 Å². The standard InChI is InChI=1S/C19H28N4O3/c1-13-4-3-7-21(11-13)17-6-5-16(9-18(17)23(25)26)19(24)22-12-15(10-20)8-14(22)2/h5-6,9,13-15H,3-4,7-8,10-12,20H2,1-2H3. The van der Waals surface area contributed by atoms with Crippen LogP contribution in [0.25, 0.3) is 0 Å². The second-order valence-electron chi connectivity index (χ2n) is 7.80. The molecule has 0 saturated carbocycles. The fourth-order valence-corrected chi connectivity index (χ4v) is 4.24. The van der Waals surface area contributed by atoms with Gasteiger partial charge in [-0.05, 0) is 56.7 Å². The number of hydrogen-bond acceptors (Lipinski definition) is 5. The maximum absolute atomic E-state index is 12.9. The predicted molar refractivity (Wildman–Crippen MR) is 101 cm³/mol. The topological polar surface area (TPSA) is 92.7 Å². The number of nitrogens with two attached hydrogens (primary N) is 1. The first-order chi connectivity index (χ1) is 12.4. The Morgan fingerprint density at radius 2 is 2.12 bits per heavy atom. The highest BCUT2D eigenvalue weighted by Gasteiger charge is 2.33. The summed E-state index contributed by atoms with van der Waals surface area (Å²) in [7, 11) is 0. The van der Waals surface area contributed by atoms with E-state index in [1.54, 1.807) is 17.0 Å². The molecule has 0 bridgehead atoms. The summed E-state index contributed by atoms with van der Waals surface area (Å²) in [6.45, 7) is 6.98. The van der Waals surface area contributed by atoms with Crippen LogP contribution in [0, 0.1) is 22.0 Å². The Balaban J connectivity index is 1.86. The molecule has 142 valence electrons. The molecule has 2 fully saturated rings. The SMILES string of the molecule is CC1CCCN(c2ccc(C(=O)N3CC(CN)CC3C)cc2[N+](=O)[O-])C1. The number of rotatable bonds is 4. The number of likely N-dealkylation sites (tertiary alicyclic amines) is 1. The average molecular weight is 360 g/mol. The molecule has 3 rings (SSSR count). The molecule has 0 radical (unpaired) electrons. The zero-order chi connectivity index (χ0) is 18.8. The van der Waals surface area contributed by atoms with Gasteiger partial charge in [0.2, 0.25) is 0 Å². The van der Waals surface area contributed by atoms with Gasteiger partial charge in [-0.15, -0.1) is 0 Å². The zero-order valence-electron chi connectivity index (χ0n) is 15.6. The monoisotopic (exact) mass is 360 g/mol. The van der Waals surface area contributed by atoms with E-state index < -0.39 is 0 Å². The Morgan fingerprint density at radius 1 is 1.35 bits per heavy atom. The van der Waals surface area contributed by atoms with Crippen molar-refractivity contribution in [3.8, 4) is 0 Å². The highest BCUT2D eigenvalue weighted by atomic mass is 16.6. The zero-order valence-corrected chi connectivity index (χ0v) is 15.6. The summed E-state index contributed by atoms with van der Waals surface area (Å²) >= 11 is 0. The average Bonchev–Trinajstić information content (AvgIpc) is 3.01. The second kappa shape index (κ2) is 7.61. The smallest absolute Gasteiger partial charge is 0.293 e. The molecule has 0 spiro atoms. The van der Waals surface area contributed by atoms with Gasteiger partial charge in [-0.2, -0.15) is 0 Å². The number of amides is 1. The third-order valence-electron chi connectivity index (χ3n) is 5.67. The van der Waals surface area contributed by atoms with E-state index in [1.165, 1.54) is 6.07 Å². The molecule has 3 atom stereocenters. The Morgan fingerprint density at radius 3 is 2.73 bits per heavy atom. The van der Waals surface area contributed by atoms with Crippen molar-refractivity contribution in [3.05, 3.63) is 33.9 Å². The molecule has 0 aromatic heterocycles. The van der Waals surface area contributed by atoms with Crippen LogP contribution in [0.3, 0.4) is 0 Å². The van der Waals surface area contributed by atoms with Gasteiger partial charge in [-0.3, -0.25) is 14.9 Å². The summed E-state index contributed by atoms with van der Waals surface area (Å²) in [5, 5.41) is 11.6. The molecule has 1 aromatic carbocycles. The Labute approximate surface area is 154 Å². The number of piperidine rings is 1. The molecule has 2 aliphatic rings. The van der Waals surface area contributed by atoms with Gasteiger partial charge in [0.05, 0.1) is 4.92 Å². The van der Waals surface area contributed by atoms with E-state index in [2.05, 4.69) is 11.8 Å². The number of carbonyl (C=O) groups is 1. The van der Waals surface area contributed by atoms with Crippen LogP contribution in [0.4, 0.5) is 11.4 Å². The van der Waals surface area contributed by atoms with Crippen molar-refractivity contribution < 1.29 is 9.72 Å². The molecule has 0 aliphatic carbocycles. The van der Waals surface area contributed by atoms with E-state index >= 15 is 0 Å². The first-order valence-electron chi connectivity index (χ1n) is 9.45. The molecule has 7 heteroatoms. The molecule has 2 saturated heterocycles. The van der Waals surface area contributed by atoms with Crippen LogP contribution in [0.5, 0.6) is 0 Å². The van der Waals surface area contributed by atoms with Crippen LogP contribution in [0.2, 0.25) is 0 Å². The Bertz CT molecular complexity index is 693. The number of nitro groups is 1. The van der Waals surface area contributed by atoms with Gasteiger partial charge in [0.25, 0.3) is 11.6 Å². The van der Waals surface area contributed by atoms with Gasteiger partial charge < -0.3 is 15.5 Å². The summed E-state index contributed by atoms with van der Waals surface area (Å²) in [4.78, 5) is 28.0. The van der Waals surface area contributed by atoms with Crippen LogP contribution in [-0.2, 0) is 0 Å². The number of nitrogens with zero attached hydrogens (tertiary/aromatic N) is 3. The summed E-state index contributed by atoms with van der Waals surface area (Å²) < 4.78 is 0. The van der Waals surface area contributed by atoms with E-state index in [4.69, 9.17) is 5.73 Å². The minimum atomic E-state index is -0.374. The fourth-order valence-electron chi connectivity index (χ4n) is 4.24. The van der Waals surface area contributed by atoms with Gasteiger partial charge in [-0.1, -0.05) is 6.92 Å². The first-order valence-corrected chi connectivity index (χ1v) is 9.45. The highest BCUT2D eigenvalue weighted by molar-refractivity contribution is 5.96. The largest absolute Gasteiger partial charge is 0.366 e. The summed E-state index contributed by atoms with van der Waals surface area (Å²) in [6, 6.07) is 5.02. The molecule has 1 amide bonds. The Kier molecular flexibility index (Phi) is 5.46. The minimum absolute atomic E-state index is 0.0205. The van der Waals surface area contributed by atoms with Gasteiger partial charge in [0.1, 0.15) is 5.69 Å². The molecule has 7 nitrogen and oxygen atoms in total. The minimum Gasteiger partial charge on any atom is -0.366 e. The number of hydrogen-bond donors (Lipinski definition) is 1. The number of benzene rings is 1. The van der Waals surface area contributed by atoms with Crippen molar-refractivity contribution in [2.45, 2.75) is 39.2 Å². The molecule has 2 aliphatic heterocycles. The van der Waals surface area contributed by atoms with Crippen molar-refractivity contribution in [3.63, 3.8) is 0 Å². The molecule has 2 heterocycles. The van der Waals surface area contributed by atoms with Crippen molar-refractivity contribution >= 4 is 17.3 Å². The number of nitro benzene ring substituents is 1. The lowest BCUT2D eigenvalue weighted by Crippen LogP contribution is -2.35.